The molecule has 0 saturated carbocycles. The number of allylic oxidation sites excluding steroid dienone is 1. The van der Waals surface area contributed by atoms with Crippen molar-refractivity contribution >= 4 is 34.9 Å². The SMILES string of the molecule is Cc1ccc(C2=c3ccc([nH]3)=C3C=CC4=[N+]3[B-](O)(O)n3c(ccc3=c3ccc([nH]3)=C(c3ccc(C)cc3)c3ccc2o3)=C4c2ccc(C)cc2)cc1. The Labute approximate surface area is 298 Å². The molecule has 0 amide bonds. The molecule has 4 aromatic heterocycles. The molecule has 7 heterocycles. The van der Waals surface area contributed by atoms with Crippen molar-refractivity contribution in [3.63, 3.8) is 0 Å². The second kappa shape index (κ2) is 11.1. The Hall–Kier alpha value is -6.35. The van der Waals surface area contributed by atoms with E-state index in [1.807, 2.05) is 60.7 Å². The average molecular weight is 679 g/mol. The monoisotopic (exact) mass is 678 g/mol. The van der Waals surface area contributed by atoms with E-state index in [-0.39, 0.29) is 0 Å². The van der Waals surface area contributed by atoms with Crippen molar-refractivity contribution in [1.82, 2.24) is 14.4 Å². The number of hydrogen-bond donors (Lipinski definition) is 4. The van der Waals surface area contributed by atoms with Crippen molar-refractivity contribution < 1.29 is 19.0 Å². The number of hydrogen-bond acceptors (Lipinski definition) is 3. The van der Waals surface area contributed by atoms with Crippen LogP contribution in [0.15, 0.2) is 138 Å². The molecular formula is C44H35BN4O3. The molecule has 10 rings (SSSR count). The predicted molar refractivity (Wildman–Crippen MR) is 204 cm³/mol. The van der Waals surface area contributed by atoms with Crippen molar-refractivity contribution in [3.8, 4) is 0 Å². The summed E-state index contributed by atoms with van der Waals surface area (Å²) in [5.74, 6) is 1.42. The van der Waals surface area contributed by atoms with Gasteiger partial charge < -0.3 is 33.4 Å². The van der Waals surface area contributed by atoms with Crippen LogP contribution in [-0.2, 0) is 0 Å². The molecule has 3 aliphatic heterocycles. The lowest BCUT2D eigenvalue weighted by Gasteiger charge is -2.32. The van der Waals surface area contributed by atoms with E-state index in [9.17, 15) is 10.0 Å². The second-order valence-electron chi connectivity index (χ2n) is 14.1. The van der Waals surface area contributed by atoms with Gasteiger partial charge in [-0.3, -0.25) is 0 Å². The van der Waals surface area contributed by atoms with Gasteiger partial charge in [-0.15, -0.1) is 0 Å². The van der Waals surface area contributed by atoms with E-state index in [1.54, 1.807) is 8.96 Å². The van der Waals surface area contributed by atoms with Crippen LogP contribution in [0.1, 0.15) is 44.9 Å². The van der Waals surface area contributed by atoms with Crippen molar-refractivity contribution in [2.75, 3.05) is 0 Å². The zero-order valence-corrected chi connectivity index (χ0v) is 29.0. The maximum atomic E-state index is 12.5. The first kappa shape index (κ1) is 30.5. The molecule has 0 fully saturated rings. The summed E-state index contributed by atoms with van der Waals surface area (Å²) in [6.07, 6.45) is 3.95. The molecule has 8 bridgehead atoms. The Morgan fingerprint density at radius 1 is 0.500 bits per heavy atom. The van der Waals surface area contributed by atoms with E-state index in [1.165, 1.54) is 0 Å². The van der Waals surface area contributed by atoms with Crippen LogP contribution in [-0.4, -0.2) is 41.5 Å². The quantitative estimate of drug-likeness (QED) is 0.213. The summed E-state index contributed by atoms with van der Waals surface area (Å²) >= 11 is 0. The van der Waals surface area contributed by atoms with Crippen molar-refractivity contribution in [2.24, 2.45) is 0 Å². The first-order valence-electron chi connectivity index (χ1n) is 17.6. The second-order valence-corrected chi connectivity index (χ2v) is 14.1. The molecule has 252 valence electrons. The summed E-state index contributed by atoms with van der Waals surface area (Å²) in [7, 11) is 0. The van der Waals surface area contributed by atoms with E-state index in [0.717, 1.165) is 82.6 Å². The number of nitrogens with one attached hydrogen (secondary N) is 2. The fraction of sp³-hybridized carbons (Fsp3) is 0.0682. The van der Waals surface area contributed by atoms with Gasteiger partial charge in [-0.1, -0.05) is 89.5 Å². The van der Waals surface area contributed by atoms with Gasteiger partial charge in [0.15, 0.2) is 11.4 Å². The molecule has 8 heteroatoms. The van der Waals surface area contributed by atoms with Crippen LogP contribution >= 0.6 is 0 Å². The minimum atomic E-state index is -3.35. The Kier molecular flexibility index (Phi) is 6.49. The fourth-order valence-electron chi connectivity index (χ4n) is 8.04. The number of fused-ring (bicyclic) bond motifs is 6. The summed E-state index contributed by atoms with van der Waals surface area (Å²) in [5, 5.41) is 29.5. The first-order chi connectivity index (χ1) is 25.2. The van der Waals surface area contributed by atoms with Crippen LogP contribution < -0.4 is 21.4 Å². The smallest absolute Gasteiger partial charge is 0.498 e. The number of nitrogens with zero attached hydrogens (tertiary/aromatic N) is 2. The van der Waals surface area contributed by atoms with Crippen LogP contribution in [0, 0.1) is 31.5 Å². The lowest BCUT2D eigenvalue weighted by molar-refractivity contribution is -0.335. The van der Waals surface area contributed by atoms with E-state index >= 15 is 0 Å². The van der Waals surface area contributed by atoms with Crippen molar-refractivity contribution in [3.05, 3.63) is 210 Å². The lowest BCUT2D eigenvalue weighted by atomic mass is 9.82. The van der Waals surface area contributed by atoms with Crippen molar-refractivity contribution in [1.29, 1.82) is 0 Å². The summed E-state index contributed by atoms with van der Waals surface area (Å²) in [5.41, 5.74) is 10.5. The van der Waals surface area contributed by atoms with Gasteiger partial charge in [0.2, 0.25) is 0 Å². The Morgan fingerprint density at radius 2 is 0.962 bits per heavy atom. The van der Waals surface area contributed by atoms with Gasteiger partial charge in [0.05, 0.1) is 21.6 Å². The highest BCUT2D eigenvalue weighted by atomic mass is 16.4. The molecule has 0 atom stereocenters. The third-order valence-electron chi connectivity index (χ3n) is 10.6. The molecule has 3 aromatic carbocycles. The molecule has 0 aliphatic carbocycles. The summed E-state index contributed by atoms with van der Waals surface area (Å²) in [4.78, 5) is 7.31. The van der Waals surface area contributed by atoms with E-state index in [2.05, 4.69) is 104 Å². The van der Waals surface area contributed by atoms with Gasteiger partial charge in [-0.25, -0.2) is 0 Å². The van der Waals surface area contributed by atoms with Crippen LogP contribution in [0.3, 0.4) is 0 Å². The van der Waals surface area contributed by atoms with Gasteiger partial charge in [-0.2, -0.15) is 0 Å². The van der Waals surface area contributed by atoms with Gasteiger partial charge in [0.1, 0.15) is 16.9 Å². The van der Waals surface area contributed by atoms with Gasteiger partial charge in [0.25, 0.3) is 0 Å². The minimum absolute atomic E-state index is 0.652. The molecular weight excluding hydrogens is 643 g/mol. The maximum Gasteiger partial charge on any atom is 0.662 e. The van der Waals surface area contributed by atoms with E-state index in [4.69, 9.17) is 4.42 Å². The standard InChI is InChI=1S/C44H35BN4O3/c1-26-4-10-29(11-5-26)42-34-18-16-32(46-34)36-20-22-38-44(31-14-8-28(3)9-15-31)39-23-21-37(49(39)45(50,51)48(36)38)33-17-19-35(47-33)43(41-25-24-40(42)52-41)30-12-6-27(2)7-13-30/h4-25,46-47,50-51H,1-3H3. The number of rotatable bonds is 3. The van der Waals surface area contributed by atoms with E-state index in [0.29, 0.717) is 22.6 Å². The Bertz CT molecular complexity index is 3040. The van der Waals surface area contributed by atoms with Gasteiger partial charge >= 0.3 is 6.82 Å². The first-order valence-corrected chi connectivity index (χ1v) is 17.6. The largest absolute Gasteiger partial charge is 0.662 e. The van der Waals surface area contributed by atoms with Crippen LogP contribution in [0.25, 0.3) is 22.4 Å². The molecule has 4 N–H and O–H groups in total. The minimum Gasteiger partial charge on any atom is -0.498 e. The third-order valence-corrected chi connectivity index (χ3v) is 10.6. The normalized spacial score (nSPS) is 15.6. The number of aromatic amines is 2. The summed E-state index contributed by atoms with van der Waals surface area (Å²) in [6.45, 7) is 2.88. The highest BCUT2D eigenvalue weighted by Gasteiger charge is 2.49. The zero-order chi connectivity index (χ0) is 35.3. The number of aromatic nitrogens is 3. The molecule has 0 unspecified atom stereocenters. The average Bonchev–Trinajstić information content (AvgIpc) is 3.98. The Morgan fingerprint density at radius 3 is 1.52 bits per heavy atom. The van der Waals surface area contributed by atoms with Gasteiger partial charge in [-0.05, 0) is 86.0 Å². The van der Waals surface area contributed by atoms with E-state index < -0.39 is 6.82 Å². The molecule has 52 heavy (non-hydrogen) atoms. The molecule has 0 radical (unpaired) electrons. The molecule has 0 saturated heterocycles. The van der Waals surface area contributed by atoms with Gasteiger partial charge in [0, 0.05) is 34.0 Å². The topological polar surface area (TPSA) is 93.1 Å². The molecule has 3 aliphatic rings. The number of furan rings is 1. The molecule has 7 aromatic rings. The zero-order valence-electron chi connectivity index (χ0n) is 29.0. The van der Waals surface area contributed by atoms with Crippen LogP contribution in [0.5, 0.6) is 0 Å². The molecule has 7 nitrogen and oxygen atoms in total. The van der Waals surface area contributed by atoms with Crippen LogP contribution in [0.4, 0.5) is 0 Å². The highest BCUT2D eigenvalue weighted by molar-refractivity contribution is 6.58. The predicted octanol–water partition coefficient (Wildman–Crippen LogP) is 4.07. The van der Waals surface area contributed by atoms with Crippen LogP contribution in [0.2, 0.25) is 0 Å². The fourth-order valence-corrected chi connectivity index (χ4v) is 8.04. The molecule has 0 spiro atoms. The lowest BCUT2D eigenvalue weighted by Crippen LogP contribution is -2.62. The maximum absolute atomic E-state index is 12.5. The number of benzene rings is 3. The number of H-pyrrole nitrogens is 2. The summed E-state index contributed by atoms with van der Waals surface area (Å²) in [6, 6.07) is 41.3. The van der Waals surface area contributed by atoms with Crippen molar-refractivity contribution in [2.45, 2.75) is 20.8 Å². The Balaban J connectivity index is 1.41. The summed E-state index contributed by atoms with van der Waals surface area (Å²) < 4.78 is 10.2. The highest BCUT2D eigenvalue weighted by Crippen LogP contribution is 2.30. The number of aryl methyl sites for hydroxylation is 3. The third kappa shape index (κ3) is 4.51.